The molecule has 0 spiro atoms. The molecule has 1 aliphatic heterocycles. The maximum Gasteiger partial charge on any atom is 0.150 e. The van der Waals surface area contributed by atoms with Crippen LogP contribution in [-0.4, -0.2) is 44.8 Å². The van der Waals surface area contributed by atoms with E-state index in [9.17, 15) is 0 Å². The molecule has 0 amide bonds. The summed E-state index contributed by atoms with van der Waals surface area (Å²) < 4.78 is 3.92. The first-order chi connectivity index (χ1) is 14.5. The summed E-state index contributed by atoms with van der Waals surface area (Å²) in [7, 11) is 2.00. The number of aliphatic imine (C=N–C) groups is 1. The Morgan fingerprint density at radius 1 is 1.27 bits per heavy atom. The third-order valence-electron chi connectivity index (χ3n) is 5.61. The molecular weight excluding hydrogens is 396 g/mol. The molecule has 1 aliphatic rings. The molecule has 0 aliphatic carbocycles. The summed E-state index contributed by atoms with van der Waals surface area (Å²) in [6, 6.07) is 6.19. The fourth-order valence-electron chi connectivity index (χ4n) is 3.97. The number of benzene rings is 1. The van der Waals surface area contributed by atoms with Crippen LogP contribution >= 0.6 is 11.6 Å². The quantitative estimate of drug-likeness (QED) is 0.455. The number of anilines is 1. The van der Waals surface area contributed by atoms with Gasteiger partial charge in [-0.1, -0.05) is 17.7 Å². The summed E-state index contributed by atoms with van der Waals surface area (Å²) in [5.74, 6) is 0.819. The molecule has 1 N–H and O–H groups in total. The molecule has 1 fully saturated rings. The average molecular weight is 425 g/mol. The van der Waals surface area contributed by atoms with E-state index >= 15 is 0 Å². The van der Waals surface area contributed by atoms with Crippen LogP contribution in [0.25, 0.3) is 10.9 Å². The van der Waals surface area contributed by atoms with Crippen molar-refractivity contribution in [2.75, 3.05) is 25.1 Å². The second kappa shape index (κ2) is 9.06. The third kappa shape index (κ3) is 4.45. The zero-order valence-electron chi connectivity index (χ0n) is 17.9. The molecule has 4 rings (SSSR count). The van der Waals surface area contributed by atoms with Crippen LogP contribution in [0.4, 0.5) is 5.69 Å². The van der Waals surface area contributed by atoms with Crippen molar-refractivity contribution >= 4 is 34.0 Å². The highest BCUT2D eigenvalue weighted by Crippen LogP contribution is 2.27. The van der Waals surface area contributed by atoms with Crippen molar-refractivity contribution in [3.63, 3.8) is 0 Å². The Labute approximate surface area is 182 Å². The van der Waals surface area contributed by atoms with E-state index in [0.717, 1.165) is 39.7 Å². The lowest BCUT2D eigenvalue weighted by Crippen LogP contribution is -2.18. The number of hydrogen-bond donors (Lipinski definition) is 1. The molecule has 1 aromatic carbocycles. The Hall–Kier alpha value is -2.57. The van der Waals surface area contributed by atoms with Crippen molar-refractivity contribution in [3.8, 4) is 0 Å². The summed E-state index contributed by atoms with van der Waals surface area (Å²) in [5.41, 5.74) is 4.44. The van der Waals surface area contributed by atoms with Gasteiger partial charge in [0.05, 0.1) is 10.7 Å². The van der Waals surface area contributed by atoms with Crippen LogP contribution in [-0.2, 0) is 13.6 Å². The second-order valence-electron chi connectivity index (χ2n) is 7.84. The number of hydrogen-bond acceptors (Lipinski definition) is 4. The molecule has 3 aromatic rings. The van der Waals surface area contributed by atoms with Crippen molar-refractivity contribution < 1.29 is 0 Å². The van der Waals surface area contributed by atoms with E-state index < -0.39 is 0 Å². The van der Waals surface area contributed by atoms with Gasteiger partial charge in [-0.3, -0.25) is 4.90 Å². The summed E-state index contributed by atoms with van der Waals surface area (Å²) in [4.78, 5) is 7.23. The highest BCUT2D eigenvalue weighted by Gasteiger charge is 2.15. The van der Waals surface area contributed by atoms with Gasteiger partial charge in [-0.2, -0.15) is 5.10 Å². The van der Waals surface area contributed by atoms with Crippen LogP contribution in [0.1, 0.15) is 31.0 Å². The smallest absolute Gasteiger partial charge is 0.150 e. The molecule has 0 radical (unpaired) electrons. The van der Waals surface area contributed by atoms with Crippen molar-refractivity contribution in [2.45, 2.75) is 33.2 Å². The largest absolute Gasteiger partial charge is 0.366 e. The molecule has 7 heteroatoms. The Bertz CT molecular complexity index is 1080. The van der Waals surface area contributed by atoms with Crippen LogP contribution in [0.15, 0.2) is 47.7 Å². The first-order valence-corrected chi connectivity index (χ1v) is 10.9. The van der Waals surface area contributed by atoms with Crippen molar-refractivity contribution in [2.24, 2.45) is 12.0 Å². The lowest BCUT2D eigenvalue weighted by atomic mass is 10.2. The Kier molecular flexibility index (Phi) is 6.25. The van der Waals surface area contributed by atoms with Gasteiger partial charge in [-0.05, 0) is 64.1 Å². The normalized spacial score (nSPS) is 15.7. The highest BCUT2D eigenvalue weighted by molar-refractivity contribution is 6.35. The monoisotopic (exact) mass is 424 g/mol. The van der Waals surface area contributed by atoms with E-state index in [0.29, 0.717) is 6.67 Å². The summed E-state index contributed by atoms with van der Waals surface area (Å²) in [6.07, 6.45) is 10.6. The van der Waals surface area contributed by atoms with Gasteiger partial charge in [-0.15, -0.1) is 0 Å². The predicted molar refractivity (Wildman–Crippen MR) is 126 cm³/mol. The van der Waals surface area contributed by atoms with E-state index in [-0.39, 0.29) is 0 Å². The van der Waals surface area contributed by atoms with Crippen LogP contribution in [0.5, 0.6) is 0 Å². The molecule has 30 heavy (non-hydrogen) atoms. The van der Waals surface area contributed by atoms with Gasteiger partial charge in [0, 0.05) is 48.1 Å². The standard InChI is InChI=1S/C23H29ClN6/c1-4-7-23(30-14-18(17(2)27-30)13-29-10-5-6-11-29)26-16-25-19-8-9-22-20(12-19)21(24)15-28(22)3/h4,7-9,12,14-15,25H,5-6,10-11,13,16H2,1-3H3/b7-4-,26-23+. The fraction of sp³-hybridized carbons (Fsp3) is 0.391. The zero-order valence-corrected chi connectivity index (χ0v) is 18.7. The van der Waals surface area contributed by atoms with E-state index in [1.807, 2.05) is 41.6 Å². The molecule has 0 bridgehead atoms. The van der Waals surface area contributed by atoms with Crippen LogP contribution < -0.4 is 5.32 Å². The van der Waals surface area contributed by atoms with Crippen LogP contribution in [0.2, 0.25) is 5.02 Å². The third-order valence-corrected chi connectivity index (χ3v) is 5.91. The van der Waals surface area contributed by atoms with E-state index in [4.69, 9.17) is 21.7 Å². The van der Waals surface area contributed by atoms with Gasteiger partial charge in [0.1, 0.15) is 12.5 Å². The molecule has 1 saturated heterocycles. The molecular formula is C23H29ClN6. The molecule has 158 valence electrons. The number of rotatable bonds is 6. The van der Waals surface area contributed by atoms with E-state index in [2.05, 4.69) is 41.5 Å². The summed E-state index contributed by atoms with van der Waals surface area (Å²) in [6.45, 7) is 7.85. The number of nitrogens with zero attached hydrogens (tertiary/aromatic N) is 5. The molecule has 0 saturated carbocycles. The first-order valence-electron chi connectivity index (χ1n) is 10.5. The number of fused-ring (bicyclic) bond motifs is 1. The molecule has 6 nitrogen and oxygen atoms in total. The summed E-state index contributed by atoms with van der Waals surface area (Å²) >= 11 is 6.33. The summed E-state index contributed by atoms with van der Waals surface area (Å²) in [5, 5.41) is 9.88. The topological polar surface area (TPSA) is 50.4 Å². The minimum Gasteiger partial charge on any atom is -0.366 e. The average Bonchev–Trinajstić information content (AvgIpc) is 3.43. The van der Waals surface area contributed by atoms with Crippen LogP contribution in [0, 0.1) is 6.92 Å². The maximum atomic E-state index is 6.33. The Balaban J connectivity index is 1.48. The highest BCUT2D eigenvalue weighted by atomic mass is 35.5. The SMILES string of the molecule is C/C=C\C(=N/CNc1ccc2c(c1)c(Cl)cn2C)n1cc(CN2CCCC2)c(C)n1. The number of halogens is 1. The van der Waals surface area contributed by atoms with Crippen molar-refractivity contribution in [1.82, 2.24) is 19.2 Å². The van der Waals surface area contributed by atoms with E-state index in [1.165, 1.54) is 31.5 Å². The fourth-order valence-corrected chi connectivity index (χ4v) is 4.26. The number of aromatic nitrogens is 3. The molecule has 0 unspecified atom stereocenters. The van der Waals surface area contributed by atoms with Crippen molar-refractivity contribution in [1.29, 1.82) is 0 Å². The molecule has 0 atom stereocenters. The minimum absolute atomic E-state index is 0.454. The minimum atomic E-state index is 0.454. The zero-order chi connectivity index (χ0) is 21.1. The number of allylic oxidation sites excluding steroid dienone is 2. The molecule has 3 heterocycles. The van der Waals surface area contributed by atoms with Crippen LogP contribution in [0.3, 0.4) is 0 Å². The van der Waals surface area contributed by atoms with Gasteiger partial charge in [-0.25, -0.2) is 9.67 Å². The maximum absolute atomic E-state index is 6.33. The van der Waals surface area contributed by atoms with Gasteiger partial charge in [0.2, 0.25) is 0 Å². The van der Waals surface area contributed by atoms with Crippen molar-refractivity contribution in [3.05, 3.63) is 59.0 Å². The van der Waals surface area contributed by atoms with Gasteiger partial charge >= 0.3 is 0 Å². The van der Waals surface area contributed by atoms with E-state index in [1.54, 1.807) is 0 Å². The molecule has 2 aromatic heterocycles. The number of likely N-dealkylation sites (tertiary alicyclic amines) is 1. The van der Waals surface area contributed by atoms with Gasteiger partial charge in [0.15, 0.2) is 0 Å². The lowest BCUT2D eigenvalue weighted by Gasteiger charge is -2.13. The Morgan fingerprint density at radius 2 is 2.07 bits per heavy atom. The Morgan fingerprint density at radius 3 is 2.83 bits per heavy atom. The second-order valence-corrected chi connectivity index (χ2v) is 8.25. The predicted octanol–water partition coefficient (Wildman–Crippen LogP) is 4.82. The lowest BCUT2D eigenvalue weighted by molar-refractivity contribution is 0.331. The number of nitrogens with one attached hydrogen (secondary N) is 1. The van der Waals surface area contributed by atoms with Gasteiger partial charge < -0.3 is 9.88 Å². The van der Waals surface area contributed by atoms with Gasteiger partial charge in [0.25, 0.3) is 0 Å². The number of aryl methyl sites for hydroxylation is 2. The first kappa shape index (κ1) is 20.7.